The molecule has 3 rings (SSSR count). The first-order chi connectivity index (χ1) is 12.6. The van der Waals surface area contributed by atoms with E-state index < -0.39 is 5.92 Å². The van der Waals surface area contributed by atoms with Crippen molar-refractivity contribution < 1.29 is 14.0 Å². The Balaban J connectivity index is 1.76. The Labute approximate surface area is 152 Å². The Morgan fingerprint density at radius 1 is 1.23 bits per heavy atom. The Bertz CT molecular complexity index is 782. The molecule has 0 bridgehead atoms. The van der Waals surface area contributed by atoms with E-state index in [0.717, 1.165) is 11.3 Å². The van der Waals surface area contributed by atoms with Gasteiger partial charge in [0, 0.05) is 31.6 Å². The Hall–Kier alpha value is -2.76. The Morgan fingerprint density at radius 2 is 2.08 bits per heavy atom. The molecule has 1 aliphatic rings. The molecule has 1 aliphatic heterocycles. The van der Waals surface area contributed by atoms with Crippen LogP contribution >= 0.6 is 0 Å². The van der Waals surface area contributed by atoms with Gasteiger partial charge in [0.1, 0.15) is 5.82 Å². The van der Waals surface area contributed by atoms with E-state index >= 15 is 0 Å². The van der Waals surface area contributed by atoms with Crippen molar-refractivity contribution in [3.63, 3.8) is 0 Å². The van der Waals surface area contributed by atoms with Crippen molar-refractivity contribution in [2.45, 2.75) is 25.8 Å². The van der Waals surface area contributed by atoms with Gasteiger partial charge in [-0.25, -0.2) is 4.39 Å². The summed E-state index contributed by atoms with van der Waals surface area (Å²) in [6.45, 7) is 2.90. The normalized spacial score (nSPS) is 19.4. The van der Waals surface area contributed by atoms with Crippen molar-refractivity contribution in [2.24, 2.45) is 5.92 Å². The zero-order chi connectivity index (χ0) is 18.5. The molecule has 2 heterocycles. The average Bonchev–Trinajstić information content (AvgIpc) is 3.12. The highest BCUT2D eigenvalue weighted by atomic mass is 19.1. The van der Waals surface area contributed by atoms with Crippen LogP contribution in [0.3, 0.4) is 0 Å². The number of carbonyl (C=O) groups is 2. The minimum Gasteiger partial charge on any atom is -0.350 e. The standard InChI is InChI=1S/C20H22FN3O2/c1-2-19(25)24-12-17(14-6-5-7-15(21)10-14)18(13-24)20(26)23-11-16-8-3-4-9-22-16/h3-10,17-18H,2,11-13H2,1H3,(H,23,26)/t17-,18-/m0/s1. The van der Waals surface area contributed by atoms with Crippen LogP contribution in [-0.2, 0) is 16.1 Å². The molecule has 1 fully saturated rings. The molecule has 2 aromatic rings. The van der Waals surface area contributed by atoms with Gasteiger partial charge in [-0.05, 0) is 29.8 Å². The average molecular weight is 355 g/mol. The topological polar surface area (TPSA) is 62.3 Å². The Kier molecular flexibility index (Phi) is 5.61. The summed E-state index contributed by atoms with van der Waals surface area (Å²) in [4.78, 5) is 30.8. The molecule has 2 atom stereocenters. The van der Waals surface area contributed by atoms with Gasteiger partial charge in [0.05, 0.1) is 18.2 Å². The molecule has 0 spiro atoms. The lowest BCUT2D eigenvalue weighted by molar-refractivity contribution is -0.130. The van der Waals surface area contributed by atoms with Gasteiger partial charge in [-0.1, -0.05) is 25.1 Å². The van der Waals surface area contributed by atoms with Crippen LogP contribution in [0.1, 0.15) is 30.5 Å². The van der Waals surface area contributed by atoms with Crippen molar-refractivity contribution in [1.29, 1.82) is 0 Å². The van der Waals surface area contributed by atoms with Crippen LogP contribution in [0.5, 0.6) is 0 Å². The van der Waals surface area contributed by atoms with Crippen LogP contribution in [0.25, 0.3) is 0 Å². The predicted octanol–water partition coefficient (Wildman–Crippen LogP) is 2.49. The molecule has 2 amide bonds. The molecule has 26 heavy (non-hydrogen) atoms. The number of hydrogen-bond acceptors (Lipinski definition) is 3. The van der Waals surface area contributed by atoms with Crippen LogP contribution in [0.2, 0.25) is 0 Å². The number of aromatic nitrogens is 1. The van der Waals surface area contributed by atoms with Gasteiger partial charge >= 0.3 is 0 Å². The zero-order valence-electron chi connectivity index (χ0n) is 14.7. The quantitative estimate of drug-likeness (QED) is 0.896. The summed E-state index contributed by atoms with van der Waals surface area (Å²) < 4.78 is 13.7. The lowest BCUT2D eigenvalue weighted by Crippen LogP contribution is -2.35. The van der Waals surface area contributed by atoms with Gasteiger partial charge in [-0.3, -0.25) is 14.6 Å². The molecule has 1 aromatic carbocycles. The van der Waals surface area contributed by atoms with Crippen molar-refractivity contribution >= 4 is 11.8 Å². The summed E-state index contributed by atoms with van der Waals surface area (Å²) >= 11 is 0. The largest absolute Gasteiger partial charge is 0.350 e. The minimum atomic E-state index is -0.406. The number of amides is 2. The van der Waals surface area contributed by atoms with E-state index in [9.17, 15) is 14.0 Å². The van der Waals surface area contributed by atoms with Crippen LogP contribution in [0.15, 0.2) is 48.7 Å². The van der Waals surface area contributed by atoms with Crippen LogP contribution in [0, 0.1) is 11.7 Å². The van der Waals surface area contributed by atoms with E-state index in [1.165, 1.54) is 12.1 Å². The van der Waals surface area contributed by atoms with Gasteiger partial charge in [0.15, 0.2) is 0 Å². The highest BCUT2D eigenvalue weighted by Crippen LogP contribution is 2.33. The zero-order valence-corrected chi connectivity index (χ0v) is 14.7. The second-order valence-corrected chi connectivity index (χ2v) is 6.46. The number of pyridine rings is 1. The maximum atomic E-state index is 13.7. The molecular formula is C20H22FN3O2. The summed E-state index contributed by atoms with van der Waals surface area (Å²) in [6, 6.07) is 11.8. The van der Waals surface area contributed by atoms with E-state index in [1.807, 2.05) is 24.3 Å². The molecule has 136 valence electrons. The maximum absolute atomic E-state index is 13.7. The van der Waals surface area contributed by atoms with E-state index in [-0.39, 0.29) is 23.5 Å². The predicted molar refractivity (Wildman–Crippen MR) is 95.6 cm³/mol. The van der Waals surface area contributed by atoms with E-state index in [2.05, 4.69) is 10.3 Å². The fraction of sp³-hybridized carbons (Fsp3) is 0.350. The van der Waals surface area contributed by atoms with Crippen LogP contribution < -0.4 is 5.32 Å². The summed E-state index contributed by atoms with van der Waals surface area (Å²) in [5, 5.41) is 2.90. The highest BCUT2D eigenvalue weighted by molar-refractivity contribution is 5.83. The molecule has 1 N–H and O–H groups in total. The number of halogens is 1. The molecule has 0 radical (unpaired) electrons. The van der Waals surface area contributed by atoms with Gasteiger partial charge in [-0.15, -0.1) is 0 Å². The first kappa shape index (κ1) is 18.0. The summed E-state index contributed by atoms with van der Waals surface area (Å²) in [7, 11) is 0. The highest BCUT2D eigenvalue weighted by Gasteiger charge is 2.39. The van der Waals surface area contributed by atoms with E-state index in [4.69, 9.17) is 0 Å². The third-order valence-corrected chi connectivity index (χ3v) is 4.76. The molecule has 0 aliphatic carbocycles. The molecule has 5 nitrogen and oxygen atoms in total. The first-order valence-electron chi connectivity index (χ1n) is 8.79. The first-order valence-corrected chi connectivity index (χ1v) is 8.79. The number of rotatable bonds is 5. The van der Waals surface area contributed by atoms with Crippen molar-refractivity contribution in [3.8, 4) is 0 Å². The van der Waals surface area contributed by atoms with Gasteiger partial charge < -0.3 is 10.2 Å². The smallest absolute Gasteiger partial charge is 0.225 e. The van der Waals surface area contributed by atoms with Crippen molar-refractivity contribution in [3.05, 3.63) is 65.7 Å². The monoisotopic (exact) mass is 355 g/mol. The van der Waals surface area contributed by atoms with Crippen molar-refractivity contribution in [2.75, 3.05) is 13.1 Å². The lowest BCUT2D eigenvalue weighted by Gasteiger charge is -2.18. The molecule has 1 aromatic heterocycles. The third kappa shape index (κ3) is 4.07. The number of carbonyl (C=O) groups excluding carboxylic acids is 2. The second kappa shape index (κ2) is 8.08. The number of likely N-dealkylation sites (tertiary alicyclic amines) is 1. The van der Waals surface area contributed by atoms with Crippen LogP contribution in [0.4, 0.5) is 4.39 Å². The maximum Gasteiger partial charge on any atom is 0.225 e. The summed E-state index contributed by atoms with van der Waals surface area (Å²) in [6.07, 6.45) is 2.06. The minimum absolute atomic E-state index is 0.00595. The number of nitrogens with zero attached hydrogens (tertiary/aromatic N) is 2. The Morgan fingerprint density at radius 3 is 2.77 bits per heavy atom. The summed E-state index contributed by atoms with van der Waals surface area (Å²) in [5.41, 5.74) is 1.51. The number of nitrogens with one attached hydrogen (secondary N) is 1. The van der Waals surface area contributed by atoms with Gasteiger partial charge in [-0.2, -0.15) is 0 Å². The summed E-state index contributed by atoms with van der Waals surface area (Å²) in [5.74, 6) is -1.10. The van der Waals surface area contributed by atoms with Crippen molar-refractivity contribution in [1.82, 2.24) is 15.2 Å². The lowest BCUT2D eigenvalue weighted by atomic mass is 9.88. The molecule has 6 heteroatoms. The fourth-order valence-electron chi connectivity index (χ4n) is 3.38. The SMILES string of the molecule is CCC(=O)N1C[C@H](C(=O)NCc2ccccn2)[C@H](c2cccc(F)c2)C1. The fourth-order valence-corrected chi connectivity index (χ4v) is 3.38. The number of hydrogen-bond donors (Lipinski definition) is 1. The molecule has 0 saturated carbocycles. The van der Waals surface area contributed by atoms with Gasteiger partial charge in [0.25, 0.3) is 0 Å². The number of benzene rings is 1. The molecular weight excluding hydrogens is 333 g/mol. The van der Waals surface area contributed by atoms with Crippen LogP contribution in [-0.4, -0.2) is 34.8 Å². The second-order valence-electron chi connectivity index (χ2n) is 6.46. The molecule has 1 saturated heterocycles. The van der Waals surface area contributed by atoms with Gasteiger partial charge in [0.2, 0.25) is 11.8 Å². The third-order valence-electron chi connectivity index (χ3n) is 4.76. The van der Waals surface area contributed by atoms with E-state index in [1.54, 1.807) is 24.1 Å². The molecule has 0 unspecified atom stereocenters. The van der Waals surface area contributed by atoms with E-state index in [0.29, 0.717) is 26.1 Å².